The number of anilines is 1. The molecule has 1 saturated heterocycles. The van der Waals surface area contributed by atoms with E-state index in [9.17, 15) is 13.2 Å². The highest BCUT2D eigenvalue weighted by Gasteiger charge is 2.21. The van der Waals surface area contributed by atoms with Gasteiger partial charge < -0.3 is 15.0 Å². The Morgan fingerprint density at radius 3 is 2.77 bits per heavy atom. The number of carbonyl (C=O) groups is 1. The minimum atomic E-state index is -3.40. The second kappa shape index (κ2) is 6.66. The van der Waals surface area contributed by atoms with Gasteiger partial charge in [-0.05, 0) is 37.5 Å². The molecule has 0 saturated carbocycles. The lowest BCUT2D eigenvalue weighted by Gasteiger charge is -2.22. The van der Waals surface area contributed by atoms with Gasteiger partial charge in [0.2, 0.25) is 0 Å². The molecule has 6 nitrogen and oxygen atoms in total. The van der Waals surface area contributed by atoms with E-state index in [1.807, 2.05) is 6.92 Å². The van der Waals surface area contributed by atoms with E-state index in [-0.39, 0.29) is 17.0 Å². The number of hydrogen-bond acceptors (Lipinski definition) is 4. The number of likely N-dealkylation sites (N-methyl/N-ethyl adjacent to an activating group) is 1. The maximum absolute atomic E-state index is 12.3. The predicted molar refractivity (Wildman–Crippen MR) is 84.9 cm³/mol. The topological polar surface area (TPSA) is 75.7 Å². The van der Waals surface area contributed by atoms with E-state index in [2.05, 4.69) is 5.32 Å². The van der Waals surface area contributed by atoms with Crippen molar-refractivity contribution < 1.29 is 17.9 Å². The Morgan fingerprint density at radius 1 is 1.45 bits per heavy atom. The first-order chi connectivity index (χ1) is 10.3. The van der Waals surface area contributed by atoms with Crippen LogP contribution in [0.15, 0.2) is 23.1 Å². The lowest BCUT2D eigenvalue weighted by atomic mass is 10.2. The largest absolute Gasteiger partial charge is 0.376 e. The fourth-order valence-electron chi connectivity index (χ4n) is 2.45. The first kappa shape index (κ1) is 16.8. The van der Waals surface area contributed by atoms with Crippen molar-refractivity contribution >= 4 is 21.6 Å². The van der Waals surface area contributed by atoms with Gasteiger partial charge in [0.1, 0.15) is 0 Å². The third-order valence-corrected chi connectivity index (χ3v) is 4.78. The fourth-order valence-corrected chi connectivity index (χ4v) is 3.28. The van der Waals surface area contributed by atoms with Crippen LogP contribution < -0.4 is 5.32 Å². The quantitative estimate of drug-likeness (QED) is 0.919. The highest BCUT2D eigenvalue weighted by atomic mass is 32.2. The second-order valence-electron chi connectivity index (χ2n) is 5.72. The van der Waals surface area contributed by atoms with Gasteiger partial charge in [-0.3, -0.25) is 0 Å². The van der Waals surface area contributed by atoms with Crippen molar-refractivity contribution in [3.8, 4) is 0 Å². The molecular formula is C15H22N2O4S. The van der Waals surface area contributed by atoms with Crippen LogP contribution in [0.2, 0.25) is 0 Å². The summed E-state index contributed by atoms with van der Waals surface area (Å²) in [6, 6.07) is 4.54. The molecule has 0 bridgehead atoms. The van der Waals surface area contributed by atoms with E-state index in [1.165, 1.54) is 11.0 Å². The molecule has 1 aliphatic heterocycles. The summed E-state index contributed by atoms with van der Waals surface area (Å²) in [6.07, 6.45) is 3.14. The number of amides is 2. The highest BCUT2D eigenvalue weighted by Crippen LogP contribution is 2.23. The van der Waals surface area contributed by atoms with Gasteiger partial charge in [0.05, 0.1) is 16.7 Å². The van der Waals surface area contributed by atoms with Crippen LogP contribution in [0.4, 0.5) is 10.5 Å². The van der Waals surface area contributed by atoms with Crippen molar-refractivity contribution in [3.05, 3.63) is 23.8 Å². The molecule has 0 aromatic heterocycles. The Balaban J connectivity index is 2.12. The number of nitrogens with zero attached hydrogens (tertiary/aromatic N) is 1. The van der Waals surface area contributed by atoms with Gasteiger partial charge in [0.25, 0.3) is 0 Å². The smallest absolute Gasteiger partial charge is 0.321 e. The third-order valence-electron chi connectivity index (χ3n) is 3.62. The minimum absolute atomic E-state index is 0.0580. The highest BCUT2D eigenvalue weighted by molar-refractivity contribution is 7.90. The molecule has 1 aliphatic rings. The fraction of sp³-hybridized carbons (Fsp3) is 0.533. The van der Waals surface area contributed by atoms with Crippen LogP contribution in [0.25, 0.3) is 0 Å². The molecule has 7 heteroatoms. The Morgan fingerprint density at radius 2 is 2.18 bits per heavy atom. The summed E-state index contributed by atoms with van der Waals surface area (Å²) in [6.45, 7) is 3.07. The molecule has 1 atom stereocenters. The van der Waals surface area contributed by atoms with Crippen LogP contribution in [-0.2, 0) is 14.6 Å². The van der Waals surface area contributed by atoms with E-state index in [4.69, 9.17) is 4.74 Å². The van der Waals surface area contributed by atoms with Crippen molar-refractivity contribution in [2.24, 2.45) is 0 Å². The normalized spacial score (nSPS) is 18.2. The number of sulfone groups is 1. The van der Waals surface area contributed by atoms with Crippen molar-refractivity contribution in [3.63, 3.8) is 0 Å². The Bertz CT molecular complexity index is 652. The van der Waals surface area contributed by atoms with Crippen molar-refractivity contribution in [1.29, 1.82) is 0 Å². The first-order valence-electron chi connectivity index (χ1n) is 7.22. The standard InChI is InChI=1S/C15H22N2O4S/c1-11-6-7-14(22(3,19)20)13(9-11)16-15(18)17(2)10-12-5-4-8-21-12/h6-7,9,12H,4-5,8,10H2,1-3H3,(H,16,18)/t12-/m0/s1. The predicted octanol–water partition coefficient (Wildman–Crippen LogP) is 2.04. The van der Waals surface area contributed by atoms with E-state index in [1.54, 1.807) is 19.2 Å². The third kappa shape index (κ3) is 4.20. The van der Waals surface area contributed by atoms with Crippen LogP contribution in [0, 0.1) is 6.92 Å². The van der Waals surface area contributed by atoms with Gasteiger partial charge in [-0.25, -0.2) is 13.2 Å². The summed E-state index contributed by atoms with van der Waals surface area (Å²) in [5.41, 5.74) is 1.19. The molecule has 22 heavy (non-hydrogen) atoms. The van der Waals surface area contributed by atoms with Crippen LogP contribution in [0.5, 0.6) is 0 Å². The molecule has 0 spiro atoms. The van der Waals surface area contributed by atoms with E-state index < -0.39 is 9.84 Å². The summed E-state index contributed by atoms with van der Waals surface area (Å²) in [5, 5.41) is 2.68. The van der Waals surface area contributed by atoms with Gasteiger partial charge in [0.15, 0.2) is 9.84 Å². The van der Waals surface area contributed by atoms with Crippen LogP contribution in [-0.4, -0.2) is 51.9 Å². The molecule has 0 aliphatic carbocycles. The van der Waals surface area contributed by atoms with Gasteiger partial charge in [-0.2, -0.15) is 0 Å². The monoisotopic (exact) mass is 326 g/mol. The number of carbonyl (C=O) groups excluding carboxylic acids is 1. The zero-order valence-corrected chi connectivity index (χ0v) is 13.9. The maximum Gasteiger partial charge on any atom is 0.321 e. The number of nitrogens with one attached hydrogen (secondary N) is 1. The SMILES string of the molecule is Cc1ccc(S(C)(=O)=O)c(NC(=O)N(C)C[C@@H]2CCCO2)c1. The lowest BCUT2D eigenvalue weighted by Crippen LogP contribution is -2.37. The summed E-state index contributed by atoms with van der Waals surface area (Å²) >= 11 is 0. The summed E-state index contributed by atoms with van der Waals surface area (Å²) < 4.78 is 29.1. The van der Waals surface area contributed by atoms with Crippen molar-refractivity contribution in [2.45, 2.75) is 30.8 Å². The molecular weight excluding hydrogens is 304 g/mol. The molecule has 1 aromatic rings. The molecule has 1 N–H and O–H groups in total. The Hall–Kier alpha value is -1.60. The van der Waals surface area contributed by atoms with Crippen LogP contribution >= 0.6 is 0 Å². The molecule has 2 amide bonds. The Labute approximate surface area is 131 Å². The minimum Gasteiger partial charge on any atom is -0.376 e. The lowest BCUT2D eigenvalue weighted by molar-refractivity contribution is 0.0894. The average molecular weight is 326 g/mol. The number of aryl methyl sites for hydroxylation is 1. The molecule has 122 valence electrons. The molecule has 0 unspecified atom stereocenters. The summed E-state index contributed by atoms with van der Waals surface area (Å²) in [7, 11) is -1.73. The number of hydrogen-bond donors (Lipinski definition) is 1. The molecule has 2 rings (SSSR count). The van der Waals surface area contributed by atoms with Gasteiger partial charge in [-0.15, -0.1) is 0 Å². The van der Waals surface area contributed by atoms with Crippen LogP contribution in [0.1, 0.15) is 18.4 Å². The summed E-state index contributed by atoms with van der Waals surface area (Å²) in [5.74, 6) is 0. The maximum atomic E-state index is 12.3. The molecule has 1 aromatic carbocycles. The summed E-state index contributed by atoms with van der Waals surface area (Å²) in [4.78, 5) is 13.9. The zero-order valence-electron chi connectivity index (χ0n) is 13.1. The molecule has 1 fully saturated rings. The van der Waals surface area contributed by atoms with Crippen LogP contribution in [0.3, 0.4) is 0 Å². The van der Waals surface area contributed by atoms with E-state index in [0.29, 0.717) is 12.2 Å². The number of ether oxygens (including phenoxy) is 1. The van der Waals surface area contributed by atoms with Gasteiger partial charge >= 0.3 is 6.03 Å². The van der Waals surface area contributed by atoms with E-state index in [0.717, 1.165) is 31.3 Å². The Kier molecular flexibility index (Phi) is 5.08. The average Bonchev–Trinajstić information content (AvgIpc) is 2.90. The van der Waals surface area contributed by atoms with E-state index >= 15 is 0 Å². The molecule has 0 radical (unpaired) electrons. The first-order valence-corrected chi connectivity index (χ1v) is 9.11. The molecule has 1 heterocycles. The second-order valence-corrected chi connectivity index (χ2v) is 7.70. The number of benzene rings is 1. The number of rotatable bonds is 4. The number of urea groups is 1. The van der Waals surface area contributed by atoms with Crippen molar-refractivity contribution in [1.82, 2.24) is 4.90 Å². The zero-order chi connectivity index (χ0) is 16.3. The van der Waals surface area contributed by atoms with Gasteiger partial charge in [-0.1, -0.05) is 6.07 Å². The van der Waals surface area contributed by atoms with Crippen molar-refractivity contribution in [2.75, 3.05) is 31.8 Å². The van der Waals surface area contributed by atoms with Gasteiger partial charge in [0, 0.05) is 26.5 Å².